The maximum atomic E-state index is 3.71. The zero-order chi connectivity index (χ0) is 27.7. The number of halogens is 3. The fourth-order valence-corrected chi connectivity index (χ4v) is 6.15. The molecule has 0 saturated carbocycles. The van der Waals surface area contributed by atoms with Crippen molar-refractivity contribution in [2.24, 2.45) is 0 Å². The van der Waals surface area contributed by atoms with Gasteiger partial charge in [-0.2, -0.15) is 0 Å². The lowest BCUT2D eigenvalue weighted by molar-refractivity contribution is 0.554. The average molecular weight is 649 g/mol. The Morgan fingerprint density at radius 3 is 0.932 bits per heavy atom. The van der Waals surface area contributed by atoms with E-state index in [4.69, 9.17) is 0 Å². The highest BCUT2D eigenvalue weighted by atomic mass is 35.5. The molecule has 6 aromatic carbocycles. The molecule has 232 valence electrons. The summed E-state index contributed by atoms with van der Waals surface area (Å²) in [4.78, 5) is 0. The van der Waals surface area contributed by atoms with Crippen molar-refractivity contribution in [3.63, 3.8) is 0 Å². The third kappa shape index (κ3) is 8.63. The zero-order valence-corrected chi connectivity index (χ0v) is 27.6. The number of unbranched alkanes of at least 4 members (excludes halogenated alkanes) is 2. The van der Waals surface area contributed by atoms with Gasteiger partial charge in [0, 0.05) is 13.1 Å². The summed E-state index contributed by atoms with van der Waals surface area (Å²) < 4.78 is 0. The molecule has 0 aliphatic rings. The van der Waals surface area contributed by atoms with Gasteiger partial charge >= 0.3 is 0 Å². The number of fused-ring (bicyclic) bond motifs is 4. The monoisotopic (exact) mass is 647 g/mol. The average Bonchev–Trinajstić information content (AvgIpc) is 3.02. The van der Waals surface area contributed by atoms with E-state index >= 15 is 0 Å². The Morgan fingerprint density at radius 1 is 0.341 bits per heavy atom. The van der Waals surface area contributed by atoms with Crippen LogP contribution < -0.4 is 16.0 Å². The molecule has 6 aromatic rings. The molecular weight excluding hydrogens is 605 g/mol. The SMILES string of the molecule is Cl.Cl.Cl.c1ccc2c(CNCCCCNCCCCNCc3c4ccccc4cc4ccccc34)c3ccccc3cc2c1. The van der Waals surface area contributed by atoms with Crippen molar-refractivity contribution in [3.05, 3.63) is 120 Å². The molecular formula is C38H44Cl3N3. The molecule has 6 rings (SSSR count). The van der Waals surface area contributed by atoms with E-state index in [0.29, 0.717) is 0 Å². The highest BCUT2D eigenvalue weighted by Crippen LogP contribution is 2.29. The molecule has 0 spiro atoms. The summed E-state index contributed by atoms with van der Waals surface area (Å²) in [5.41, 5.74) is 2.83. The summed E-state index contributed by atoms with van der Waals surface area (Å²) in [6.07, 6.45) is 4.79. The van der Waals surface area contributed by atoms with Gasteiger partial charge in [-0.15, -0.1) is 37.2 Å². The number of nitrogens with one attached hydrogen (secondary N) is 3. The fraction of sp³-hybridized carbons (Fsp3) is 0.263. The van der Waals surface area contributed by atoms with Crippen LogP contribution in [0, 0.1) is 0 Å². The van der Waals surface area contributed by atoms with Gasteiger partial charge in [0.1, 0.15) is 0 Å². The number of rotatable bonds is 14. The van der Waals surface area contributed by atoms with E-state index in [2.05, 4.69) is 125 Å². The molecule has 6 heteroatoms. The molecule has 0 bridgehead atoms. The molecule has 0 heterocycles. The normalized spacial score (nSPS) is 10.9. The Bertz CT molecular complexity index is 1520. The van der Waals surface area contributed by atoms with Gasteiger partial charge in [-0.1, -0.05) is 97.1 Å². The highest BCUT2D eigenvalue weighted by molar-refractivity contribution is 6.03. The molecule has 0 fully saturated rings. The standard InChI is InChI=1S/C38H41N3.3ClH/c1-5-17-33-29(13-1)25-30-14-2-6-18-34(30)37(33)27-40-23-11-9-21-39-22-10-12-24-41-28-38-35-19-7-3-15-31(35)26-32-16-4-8-20-36(32)38;;;/h1-8,13-20,25-26,39-41H,9-12,21-24,27-28H2;3*1H. The van der Waals surface area contributed by atoms with Crippen molar-refractivity contribution in [3.8, 4) is 0 Å². The largest absolute Gasteiger partial charge is 0.317 e. The Hall–Kier alpha value is -2.89. The van der Waals surface area contributed by atoms with Crippen LogP contribution in [0.3, 0.4) is 0 Å². The Morgan fingerprint density at radius 2 is 0.614 bits per heavy atom. The zero-order valence-electron chi connectivity index (χ0n) is 25.2. The highest BCUT2D eigenvalue weighted by Gasteiger charge is 2.08. The number of hydrogen-bond donors (Lipinski definition) is 3. The van der Waals surface area contributed by atoms with Crippen LogP contribution in [-0.4, -0.2) is 26.2 Å². The van der Waals surface area contributed by atoms with E-state index < -0.39 is 0 Å². The van der Waals surface area contributed by atoms with E-state index in [9.17, 15) is 0 Å². The maximum absolute atomic E-state index is 3.71. The van der Waals surface area contributed by atoms with Crippen molar-refractivity contribution in [1.82, 2.24) is 16.0 Å². The summed E-state index contributed by atoms with van der Waals surface area (Å²) in [5.74, 6) is 0. The molecule has 0 aliphatic heterocycles. The van der Waals surface area contributed by atoms with Crippen molar-refractivity contribution in [1.29, 1.82) is 0 Å². The second kappa shape index (κ2) is 18.2. The van der Waals surface area contributed by atoms with Gasteiger partial charge in [0.2, 0.25) is 0 Å². The van der Waals surface area contributed by atoms with Crippen LogP contribution in [0.5, 0.6) is 0 Å². The molecule has 0 aliphatic carbocycles. The molecule has 0 amide bonds. The van der Waals surface area contributed by atoms with Gasteiger partial charge < -0.3 is 16.0 Å². The van der Waals surface area contributed by atoms with Crippen LogP contribution in [0.2, 0.25) is 0 Å². The first-order chi connectivity index (χ1) is 20.4. The lowest BCUT2D eigenvalue weighted by atomic mass is 9.97. The Labute approximate surface area is 280 Å². The van der Waals surface area contributed by atoms with Gasteiger partial charge in [0.05, 0.1) is 0 Å². The molecule has 0 atom stereocenters. The first-order valence-corrected chi connectivity index (χ1v) is 15.3. The fourth-order valence-electron chi connectivity index (χ4n) is 6.15. The van der Waals surface area contributed by atoms with Gasteiger partial charge in [-0.3, -0.25) is 0 Å². The minimum Gasteiger partial charge on any atom is -0.317 e. The van der Waals surface area contributed by atoms with Crippen molar-refractivity contribution in [2.45, 2.75) is 38.8 Å². The van der Waals surface area contributed by atoms with E-state index in [1.807, 2.05) is 0 Å². The lowest BCUT2D eigenvalue weighted by Gasteiger charge is -2.13. The van der Waals surface area contributed by atoms with Crippen LogP contribution >= 0.6 is 37.2 Å². The van der Waals surface area contributed by atoms with Gasteiger partial charge in [-0.05, 0) is 118 Å². The van der Waals surface area contributed by atoms with E-state index in [1.54, 1.807) is 0 Å². The predicted molar refractivity (Wildman–Crippen MR) is 199 cm³/mol. The lowest BCUT2D eigenvalue weighted by Crippen LogP contribution is -2.21. The van der Waals surface area contributed by atoms with Crippen LogP contribution in [0.4, 0.5) is 0 Å². The van der Waals surface area contributed by atoms with Crippen LogP contribution in [0.15, 0.2) is 109 Å². The first kappa shape index (κ1) is 35.6. The molecule has 0 saturated heterocycles. The summed E-state index contributed by atoms with van der Waals surface area (Å²) in [6.45, 7) is 6.11. The molecule has 0 radical (unpaired) electrons. The smallest absolute Gasteiger partial charge is 0.0217 e. The van der Waals surface area contributed by atoms with Crippen LogP contribution in [0.1, 0.15) is 36.8 Å². The third-order valence-electron chi connectivity index (χ3n) is 8.28. The summed E-state index contributed by atoms with van der Waals surface area (Å²) in [5, 5.41) is 21.8. The quantitative estimate of drug-likeness (QED) is 0.0813. The van der Waals surface area contributed by atoms with Gasteiger partial charge in [0.15, 0.2) is 0 Å². The van der Waals surface area contributed by atoms with Gasteiger partial charge in [0.25, 0.3) is 0 Å². The second-order valence-electron chi connectivity index (χ2n) is 11.1. The summed E-state index contributed by atoms with van der Waals surface area (Å²) in [6, 6.07) is 39.6. The van der Waals surface area contributed by atoms with E-state index in [0.717, 1.165) is 39.3 Å². The number of hydrogen-bond acceptors (Lipinski definition) is 3. The minimum absolute atomic E-state index is 0. The van der Waals surface area contributed by atoms with E-state index in [-0.39, 0.29) is 37.2 Å². The van der Waals surface area contributed by atoms with Crippen LogP contribution in [-0.2, 0) is 13.1 Å². The molecule has 0 unspecified atom stereocenters. The van der Waals surface area contributed by atoms with Crippen LogP contribution in [0.25, 0.3) is 43.1 Å². The molecule has 0 aromatic heterocycles. The van der Waals surface area contributed by atoms with Gasteiger partial charge in [-0.25, -0.2) is 0 Å². The predicted octanol–water partition coefficient (Wildman–Crippen LogP) is 9.59. The van der Waals surface area contributed by atoms with Crippen molar-refractivity contribution >= 4 is 80.3 Å². The third-order valence-corrected chi connectivity index (χ3v) is 8.28. The minimum atomic E-state index is 0. The van der Waals surface area contributed by atoms with Crippen molar-refractivity contribution < 1.29 is 0 Å². The second-order valence-corrected chi connectivity index (χ2v) is 11.1. The van der Waals surface area contributed by atoms with Crippen molar-refractivity contribution in [2.75, 3.05) is 26.2 Å². The Kier molecular flexibility index (Phi) is 14.7. The first-order valence-electron chi connectivity index (χ1n) is 15.3. The topological polar surface area (TPSA) is 36.1 Å². The maximum Gasteiger partial charge on any atom is 0.0217 e. The molecule has 44 heavy (non-hydrogen) atoms. The summed E-state index contributed by atoms with van der Waals surface area (Å²) in [7, 11) is 0. The molecule has 3 N–H and O–H groups in total. The van der Waals surface area contributed by atoms with E-state index in [1.165, 1.54) is 79.9 Å². The Balaban J connectivity index is 0.00000176. The molecule has 3 nitrogen and oxygen atoms in total. The summed E-state index contributed by atoms with van der Waals surface area (Å²) >= 11 is 0. The number of benzene rings is 6.